The topological polar surface area (TPSA) is 49.4 Å². The highest BCUT2D eigenvalue weighted by molar-refractivity contribution is 6.32. The molecule has 0 aliphatic carbocycles. The van der Waals surface area contributed by atoms with Crippen LogP contribution >= 0.6 is 0 Å². The van der Waals surface area contributed by atoms with E-state index in [-0.39, 0.29) is 0 Å². The first-order chi connectivity index (χ1) is 15.7. The molecule has 6 rings (SSSR count). The van der Waals surface area contributed by atoms with Crippen molar-refractivity contribution in [2.45, 2.75) is 13.3 Å². The minimum Gasteiger partial charge on any atom is -0.249 e. The van der Waals surface area contributed by atoms with Gasteiger partial charge in [-0.1, -0.05) is 31.2 Å². The number of hydrogen-bond donors (Lipinski definition) is 0. The zero-order chi connectivity index (χ0) is 21.5. The molecule has 5 aliphatic rings. The Hall–Kier alpha value is -4.18. The maximum Gasteiger partial charge on any atom is 0.0737 e. The highest BCUT2D eigenvalue weighted by Gasteiger charge is 2.18. The predicted octanol–water partition coefficient (Wildman–Crippen LogP) is 5.67. The lowest BCUT2D eigenvalue weighted by atomic mass is 9.99. The van der Waals surface area contributed by atoms with Gasteiger partial charge in [-0.15, -0.1) is 0 Å². The van der Waals surface area contributed by atoms with E-state index in [1.54, 1.807) is 0 Å². The van der Waals surface area contributed by atoms with Gasteiger partial charge in [-0.05, 0) is 84.4 Å². The van der Waals surface area contributed by atoms with Gasteiger partial charge in [0, 0.05) is 5.57 Å². The van der Waals surface area contributed by atoms with E-state index >= 15 is 0 Å². The first kappa shape index (κ1) is 18.6. The van der Waals surface area contributed by atoms with Crippen LogP contribution in [0.2, 0.25) is 0 Å². The van der Waals surface area contributed by atoms with Gasteiger partial charge in [0.05, 0.1) is 45.6 Å². The summed E-state index contributed by atoms with van der Waals surface area (Å²) in [7, 11) is 0. The number of nitrogens with zero attached hydrogens (tertiary/aromatic N) is 4. The van der Waals surface area contributed by atoms with Gasteiger partial charge in [0.25, 0.3) is 0 Å². The zero-order valence-corrected chi connectivity index (χ0v) is 17.7. The number of aliphatic imine (C=N–C) groups is 4. The summed E-state index contributed by atoms with van der Waals surface area (Å²) >= 11 is 0. The third kappa shape index (κ3) is 3.56. The molecular formula is C28H20N4. The molecule has 0 N–H and O–H groups in total. The zero-order valence-electron chi connectivity index (χ0n) is 17.7. The minimum absolute atomic E-state index is 0.881. The Kier molecular flexibility index (Phi) is 4.36. The molecule has 1 aromatic rings. The van der Waals surface area contributed by atoms with Crippen molar-refractivity contribution >= 4 is 28.4 Å². The summed E-state index contributed by atoms with van der Waals surface area (Å²) in [6, 6.07) is 8.70. The van der Waals surface area contributed by atoms with E-state index in [9.17, 15) is 0 Å². The molecule has 0 saturated heterocycles. The van der Waals surface area contributed by atoms with Gasteiger partial charge in [0.2, 0.25) is 0 Å². The van der Waals surface area contributed by atoms with Gasteiger partial charge in [-0.3, -0.25) is 0 Å². The Morgan fingerprint density at radius 3 is 1.62 bits per heavy atom. The lowest BCUT2D eigenvalue weighted by molar-refractivity contribution is 1.14. The molecule has 0 unspecified atom stereocenters. The quantitative estimate of drug-likeness (QED) is 0.601. The van der Waals surface area contributed by atoms with Crippen molar-refractivity contribution in [3.63, 3.8) is 0 Å². The fourth-order valence-corrected chi connectivity index (χ4v) is 4.05. The normalized spacial score (nSPS) is 20.2. The van der Waals surface area contributed by atoms with E-state index in [2.05, 4.69) is 42.3 Å². The van der Waals surface area contributed by atoms with Crippen LogP contribution in [0.1, 0.15) is 18.1 Å². The molecule has 1 aromatic carbocycles. The average Bonchev–Trinajstić information content (AvgIpc) is 3.59. The van der Waals surface area contributed by atoms with Crippen LogP contribution in [0.25, 0.3) is 5.57 Å². The molecule has 0 saturated carbocycles. The molecule has 0 spiro atoms. The fraction of sp³-hybridized carbons (Fsp3) is 0.0714. The van der Waals surface area contributed by atoms with Crippen LogP contribution in [-0.2, 0) is 6.42 Å². The van der Waals surface area contributed by atoms with Crippen LogP contribution < -0.4 is 0 Å². The number of aryl methyl sites for hydroxylation is 1. The Morgan fingerprint density at radius 2 is 1.06 bits per heavy atom. The maximum atomic E-state index is 4.91. The summed E-state index contributed by atoms with van der Waals surface area (Å²) in [5.41, 5.74) is 10.7. The standard InChI is InChI=1S/C28H20N4/c1-2-18-3-5-19(6-4-18)27-16-26-15-24-10-9-22(30-24)13-20-7-8-21(29-20)14-23-11-12-25(31-23)17-28(27)32-26/h3-17H,2H2,1H3. The van der Waals surface area contributed by atoms with Crippen molar-refractivity contribution in [1.82, 2.24) is 0 Å². The molecule has 0 fully saturated rings. The molecular weight excluding hydrogens is 392 g/mol. The van der Waals surface area contributed by atoms with E-state index in [0.29, 0.717) is 0 Å². The Morgan fingerprint density at radius 1 is 0.531 bits per heavy atom. The molecule has 0 radical (unpaired) electrons. The highest BCUT2D eigenvalue weighted by atomic mass is 14.8. The number of fused-ring (bicyclic) bond motifs is 4. The highest BCUT2D eigenvalue weighted by Crippen LogP contribution is 2.29. The van der Waals surface area contributed by atoms with Crippen molar-refractivity contribution in [1.29, 1.82) is 0 Å². The monoisotopic (exact) mass is 412 g/mol. The minimum atomic E-state index is 0.881. The van der Waals surface area contributed by atoms with E-state index in [1.807, 2.05) is 60.8 Å². The first-order valence-electron chi connectivity index (χ1n) is 10.8. The number of allylic oxidation sites excluding steroid dienone is 12. The Balaban J connectivity index is 1.48. The van der Waals surface area contributed by atoms with Crippen molar-refractivity contribution in [2.75, 3.05) is 0 Å². The molecule has 4 nitrogen and oxygen atoms in total. The van der Waals surface area contributed by atoms with E-state index in [4.69, 9.17) is 15.0 Å². The Bertz CT molecular complexity index is 1410. The fourth-order valence-electron chi connectivity index (χ4n) is 4.05. The molecule has 5 aliphatic heterocycles. The van der Waals surface area contributed by atoms with Gasteiger partial charge in [0.15, 0.2) is 0 Å². The molecule has 0 aromatic heterocycles. The third-order valence-corrected chi connectivity index (χ3v) is 5.71. The Labute approximate surface area is 186 Å². The van der Waals surface area contributed by atoms with Gasteiger partial charge in [0.1, 0.15) is 0 Å². The van der Waals surface area contributed by atoms with E-state index in [0.717, 1.165) is 63.2 Å². The summed E-state index contributed by atoms with van der Waals surface area (Å²) < 4.78 is 0. The van der Waals surface area contributed by atoms with Gasteiger partial charge in [-0.2, -0.15) is 0 Å². The first-order valence-corrected chi connectivity index (χ1v) is 10.8. The smallest absolute Gasteiger partial charge is 0.0737 e. The van der Waals surface area contributed by atoms with Crippen LogP contribution in [0.4, 0.5) is 0 Å². The summed E-state index contributed by atoms with van der Waals surface area (Å²) in [6.07, 6.45) is 23.3. The second-order valence-electron chi connectivity index (χ2n) is 7.99. The lowest BCUT2D eigenvalue weighted by Gasteiger charge is -2.05. The number of benzene rings is 1. The van der Waals surface area contributed by atoms with E-state index < -0.39 is 0 Å². The summed E-state index contributed by atoms with van der Waals surface area (Å²) in [6.45, 7) is 2.17. The van der Waals surface area contributed by atoms with Crippen LogP contribution in [0.5, 0.6) is 0 Å². The molecule has 0 amide bonds. The molecule has 4 heteroatoms. The second-order valence-corrected chi connectivity index (χ2v) is 7.99. The van der Waals surface area contributed by atoms with Gasteiger partial charge < -0.3 is 0 Å². The molecule has 32 heavy (non-hydrogen) atoms. The van der Waals surface area contributed by atoms with Crippen molar-refractivity contribution in [3.05, 3.63) is 125 Å². The molecule has 0 atom stereocenters. The van der Waals surface area contributed by atoms with Crippen molar-refractivity contribution < 1.29 is 0 Å². The van der Waals surface area contributed by atoms with Gasteiger partial charge >= 0.3 is 0 Å². The second kappa shape index (κ2) is 7.50. The average molecular weight is 412 g/mol. The SMILES string of the molecule is CCc1ccc(C2=CC3=CC4=NC(=CC5=NC(=CC6=NC(=CC2=N3)C=C6)C=C5)C=C4)cc1. The number of rotatable bonds is 2. The third-order valence-electron chi connectivity index (χ3n) is 5.71. The summed E-state index contributed by atoms with van der Waals surface area (Å²) in [4.78, 5) is 19.1. The van der Waals surface area contributed by atoms with Crippen LogP contribution in [-0.4, -0.2) is 22.8 Å². The summed E-state index contributed by atoms with van der Waals surface area (Å²) in [5.74, 6) is 0. The van der Waals surface area contributed by atoms with Crippen LogP contribution in [0.3, 0.4) is 0 Å². The molecule has 152 valence electrons. The summed E-state index contributed by atoms with van der Waals surface area (Å²) in [5, 5.41) is 0. The number of hydrogen-bond acceptors (Lipinski definition) is 4. The lowest BCUT2D eigenvalue weighted by Crippen LogP contribution is -1.96. The van der Waals surface area contributed by atoms with Crippen molar-refractivity contribution in [3.8, 4) is 0 Å². The maximum absolute atomic E-state index is 4.91. The largest absolute Gasteiger partial charge is 0.249 e. The predicted molar refractivity (Wildman–Crippen MR) is 133 cm³/mol. The van der Waals surface area contributed by atoms with Crippen LogP contribution in [0.15, 0.2) is 134 Å². The van der Waals surface area contributed by atoms with E-state index in [1.165, 1.54) is 5.56 Å². The van der Waals surface area contributed by atoms with Crippen molar-refractivity contribution in [2.24, 2.45) is 20.0 Å². The van der Waals surface area contributed by atoms with Crippen LogP contribution in [0, 0.1) is 0 Å². The molecule has 5 heterocycles. The molecule has 8 bridgehead atoms. The van der Waals surface area contributed by atoms with Gasteiger partial charge in [-0.25, -0.2) is 20.0 Å².